The Hall–Kier alpha value is -4.37. The zero-order chi connectivity index (χ0) is 26.5. The van der Waals surface area contributed by atoms with Crippen LogP contribution in [-0.4, -0.2) is 54.5 Å². The Morgan fingerprint density at radius 1 is 0.892 bits per heavy atom. The maximum atomic E-state index is 14.1. The summed E-state index contributed by atoms with van der Waals surface area (Å²) in [6.45, 7) is -0.358. The average molecular weight is 503 g/mol. The third-order valence-corrected chi connectivity index (χ3v) is 6.68. The van der Waals surface area contributed by atoms with Gasteiger partial charge in [0.25, 0.3) is 0 Å². The van der Waals surface area contributed by atoms with Crippen molar-refractivity contribution in [2.24, 2.45) is 11.1 Å². The zero-order valence-corrected chi connectivity index (χ0v) is 20.3. The van der Waals surface area contributed by atoms with E-state index in [1.807, 2.05) is 0 Å². The Morgan fingerprint density at radius 2 is 1.51 bits per heavy atom. The Labute approximate surface area is 213 Å². The fraction of sp³-hybridized carbons (Fsp3) is 0.250. The van der Waals surface area contributed by atoms with Gasteiger partial charge < -0.3 is 19.5 Å². The van der Waals surface area contributed by atoms with Crippen LogP contribution in [0.5, 0.6) is 5.75 Å². The van der Waals surface area contributed by atoms with Gasteiger partial charge in [0.2, 0.25) is 5.91 Å². The van der Waals surface area contributed by atoms with E-state index in [-0.39, 0.29) is 18.1 Å². The number of carbonyl (C=O) groups excluding carboxylic acids is 2. The van der Waals surface area contributed by atoms with Gasteiger partial charge in [0, 0.05) is 18.6 Å². The number of ether oxygens (including phenoxy) is 2. The average Bonchev–Trinajstić information content (AvgIpc) is 3.30. The van der Waals surface area contributed by atoms with Crippen LogP contribution >= 0.6 is 0 Å². The maximum Gasteiger partial charge on any atom is 0.327 e. The molecule has 3 aromatic carbocycles. The van der Waals surface area contributed by atoms with E-state index in [9.17, 15) is 24.4 Å². The van der Waals surface area contributed by atoms with Crippen molar-refractivity contribution in [3.05, 3.63) is 100 Å². The molecule has 0 saturated carbocycles. The van der Waals surface area contributed by atoms with E-state index in [2.05, 4.69) is 5.18 Å². The molecule has 0 aliphatic carbocycles. The highest BCUT2D eigenvalue weighted by Gasteiger charge is 2.57. The molecule has 190 valence electrons. The maximum absolute atomic E-state index is 14.1. The third kappa shape index (κ3) is 4.99. The molecule has 1 aliphatic rings. The summed E-state index contributed by atoms with van der Waals surface area (Å²) in [5, 5.41) is 13.3. The topological polar surface area (TPSA) is 123 Å². The number of rotatable bonds is 9. The first kappa shape index (κ1) is 25.7. The van der Waals surface area contributed by atoms with E-state index in [0.29, 0.717) is 22.4 Å². The van der Waals surface area contributed by atoms with Crippen molar-refractivity contribution in [2.45, 2.75) is 18.0 Å². The van der Waals surface area contributed by atoms with Gasteiger partial charge in [-0.15, -0.1) is 4.91 Å². The van der Waals surface area contributed by atoms with Crippen molar-refractivity contribution in [3.63, 3.8) is 0 Å². The smallest absolute Gasteiger partial charge is 0.327 e. The molecule has 37 heavy (non-hydrogen) atoms. The van der Waals surface area contributed by atoms with Crippen LogP contribution in [0.25, 0.3) is 0 Å². The van der Waals surface area contributed by atoms with Gasteiger partial charge in [-0.25, -0.2) is 4.79 Å². The highest BCUT2D eigenvalue weighted by Crippen LogP contribution is 2.51. The number of carboxylic acids is 1. The fourth-order valence-corrected chi connectivity index (χ4v) is 5.11. The van der Waals surface area contributed by atoms with Crippen LogP contribution in [0.15, 0.2) is 84.0 Å². The van der Waals surface area contributed by atoms with Gasteiger partial charge >= 0.3 is 5.97 Å². The van der Waals surface area contributed by atoms with E-state index in [0.717, 1.165) is 0 Å². The van der Waals surface area contributed by atoms with Crippen molar-refractivity contribution in [3.8, 4) is 5.75 Å². The molecule has 1 heterocycles. The van der Waals surface area contributed by atoms with Crippen LogP contribution in [-0.2, 0) is 14.3 Å². The number of Topliss-reactive ketones (excluding diaryl/α,β-unsaturated/α-hetero) is 1. The summed E-state index contributed by atoms with van der Waals surface area (Å²) in [7, 11) is 2.87. The lowest BCUT2D eigenvalue weighted by atomic mass is 9.76. The number of likely N-dealkylation sites (tertiary alicyclic amines) is 1. The number of amides is 1. The third-order valence-electron chi connectivity index (χ3n) is 6.68. The lowest BCUT2D eigenvalue weighted by molar-refractivity contribution is -0.151. The standard InChI is InChI=1S/C28H26N2O7/c1-36-16-22(31)30-25(18-10-14-21(37-2)15-11-18)24(27(32)19-6-4-3-5-7-19)23(26(30)28(33)34)17-8-12-20(29-35)13-9-17/h3-15,23-26H,16H2,1-2H3,(H,33,34). The Kier molecular flexibility index (Phi) is 7.74. The Morgan fingerprint density at radius 3 is 2.05 bits per heavy atom. The number of benzene rings is 3. The molecule has 3 aromatic rings. The highest BCUT2D eigenvalue weighted by molar-refractivity contribution is 6.01. The molecule has 9 nitrogen and oxygen atoms in total. The molecule has 0 radical (unpaired) electrons. The van der Waals surface area contributed by atoms with Gasteiger partial charge in [-0.3, -0.25) is 9.59 Å². The first-order valence-electron chi connectivity index (χ1n) is 11.6. The second-order valence-electron chi connectivity index (χ2n) is 8.70. The predicted molar refractivity (Wildman–Crippen MR) is 135 cm³/mol. The zero-order valence-electron chi connectivity index (χ0n) is 20.3. The van der Waals surface area contributed by atoms with Gasteiger partial charge in [0.15, 0.2) is 5.78 Å². The molecule has 4 rings (SSSR count). The second-order valence-corrected chi connectivity index (χ2v) is 8.70. The molecule has 1 fully saturated rings. The van der Waals surface area contributed by atoms with Gasteiger partial charge in [-0.2, -0.15) is 0 Å². The van der Waals surface area contributed by atoms with Crippen LogP contribution in [0.2, 0.25) is 0 Å². The summed E-state index contributed by atoms with van der Waals surface area (Å²) in [6, 6.07) is 19.2. The molecule has 1 N–H and O–H groups in total. The number of hydrogen-bond acceptors (Lipinski definition) is 7. The van der Waals surface area contributed by atoms with Crippen molar-refractivity contribution in [1.82, 2.24) is 4.90 Å². The van der Waals surface area contributed by atoms with E-state index in [4.69, 9.17) is 9.47 Å². The van der Waals surface area contributed by atoms with Gasteiger partial charge in [0.1, 0.15) is 24.1 Å². The lowest BCUT2D eigenvalue weighted by Crippen LogP contribution is -2.45. The SMILES string of the molecule is COCC(=O)N1C(C(=O)O)C(c2ccc(N=O)cc2)C(C(=O)c2ccccc2)C1c1ccc(OC)cc1. The predicted octanol–water partition coefficient (Wildman–Crippen LogP) is 4.36. The number of ketones is 1. The van der Waals surface area contributed by atoms with Crippen LogP contribution < -0.4 is 4.74 Å². The Balaban J connectivity index is 1.97. The summed E-state index contributed by atoms with van der Waals surface area (Å²) in [5.41, 5.74) is 1.64. The van der Waals surface area contributed by atoms with Crippen LogP contribution in [0.4, 0.5) is 5.69 Å². The summed E-state index contributed by atoms with van der Waals surface area (Å²) < 4.78 is 10.3. The van der Waals surface area contributed by atoms with Crippen LogP contribution in [0.1, 0.15) is 33.4 Å². The van der Waals surface area contributed by atoms with Crippen LogP contribution in [0.3, 0.4) is 0 Å². The van der Waals surface area contributed by atoms with Crippen molar-refractivity contribution in [1.29, 1.82) is 0 Å². The molecule has 4 unspecified atom stereocenters. The normalized spacial score (nSPS) is 20.9. The molecule has 1 aliphatic heterocycles. The molecule has 1 amide bonds. The molecule has 9 heteroatoms. The minimum Gasteiger partial charge on any atom is -0.497 e. The van der Waals surface area contributed by atoms with Crippen molar-refractivity contribution < 1.29 is 29.0 Å². The fourth-order valence-electron chi connectivity index (χ4n) is 5.11. The number of carboxylic acid groups (broad SMARTS) is 1. The number of nitrogens with zero attached hydrogens (tertiary/aromatic N) is 2. The van der Waals surface area contributed by atoms with Crippen molar-refractivity contribution >= 4 is 23.3 Å². The van der Waals surface area contributed by atoms with E-state index >= 15 is 0 Å². The molecular weight excluding hydrogens is 476 g/mol. The molecule has 1 saturated heterocycles. The second kappa shape index (κ2) is 11.1. The summed E-state index contributed by atoms with van der Waals surface area (Å²) in [5.74, 6) is -3.41. The molecule has 0 aromatic heterocycles. The largest absolute Gasteiger partial charge is 0.497 e. The van der Waals surface area contributed by atoms with Gasteiger partial charge in [0.05, 0.1) is 19.1 Å². The minimum atomic E-state index is -1.37. The molecule has 0 bridgehead atoms. The van der Waals surface area contributed by atoms with Crippen molar-refractivity contribution in [2.75, 3.05) is 20.8 Å². The quantitative estimate of drug-likeness (QED) is 0.341. The molecule has 4 atom stereocenters. The highest BCUT2D eigenvalue weighted by atomic mass is 16.5. The first-order chi connectivity index (χ1) is 17.9. The lowest BCUT2D eigenvalue weighted by Gasteiger charge is -2.30. The van der Waals surface area contributed by atoms with E-state index in [1.165, 1.54) is 31.3 Å². The summed E-state index contributed by atoms with van der Waals surface area (Å²) in [6.07, 6.45) is 0. The van der Waals surface area contributed by atoms with Crippen LogP contribution in [0, 0.1) is 10.8 Å². The Bertz CT molecular complexity index is 1280. The van der Waals surface area contributed by atoms with E-state index in [1.54, 1.807) is 66.7 Å². The molecular formula is C28H26N2O7. The minimum absolute atomic E-state index is 0.165. The van der Waals surface area contributed by atoms with Gasteiger partial charge in [-0.05, 0) is 40.6 Å². The van der Waals surface area contributed by atoms with Gasteiger partial charge in [-0.1, -0.05) is 54.6 Å². The summed E-state index contributed by atoms with van der Waals surface area (Å²) >= 11 is 0. The molecule has 0 spiro atoms. The number of hydrogen-bond donors (Lipinski definition) is 1. The number of nitroso groups, excluding NO2 is 1. The number of methoxy groups -OCH3 is 2. The monoisotopic (exact) mass is 502 g/mol. The summed E-state index contributed by atoms with van der Waals surface area (Å²) in [4.78, 5) is 52.5. The number of carbonyl (C=O) groups is 3. The number of aliphatic carboxylic acids is 1. The first-order valence-corrected chi connectivity index (χ1v) is 11.6. The van der Waals surface area contributed by atoms with E-state index < -0.39 is 35.8 Å².